The molecule has 0 amide bonds. The molecule has 2 aromatic rings. The van der Waals surface area contributed by atoms with E-state index in [1.807, 2.05) is 25.1 Å². The van der Waals surface area contributed by atoms with Gasteiger partial charge in [-0.2, -0.15) is 0 Å². The molecule has 0 fully saturated rings. The molecule has 1 N–H and O–H groups in total. The Morgan fingerprint density at radius 3 is 2.62 bits per heavy atom. The maximum atomic E-state index is 11.3. The molecule has 0 saturated carbocycles. The average Bonchev–Trinajstić information content (AvgIpc) is 2.45. The number of rotatable bonds is 4. The molecule has 1 atom stereocenters. The van der Waals surface area contributed by atoms with E-state index in [1.165, 1.54) is 12.1 Å². The summed E-state index contributed by atoms with van der Waals surface area (Å²) in [5, 5.41) is 10.2. The van der Waals surface area contributed by atoms with Crippen molar-refractivity contribution in [2.45, 2.75) is 13.0 Å². The molecule has 1 unspecified atom stereocenters. The fourth-order valence-electron chi connectivity index (χ4n) is 2.03. The van der Waals surface area contributed by atoms with Crippen LogP contribution in [0.4, 0.5) is 5.82 Å². The second kappa shape index (κ2) is 6.33. The normalized spacial score (nSPS) is 12.0. The van der Waals surface area contributed by atoms with Crippen LogP contribution in [-0.2, 0) is 0 Å². The van der Waals surface area contributed by atoms with Gasteiger partial charge in [0.25, 0.3) is 0 Å². The van der Waals surface area contributed by atoms with Gasteiger partial charge in [-0.3, -0.25) is 0 Å². The summed E-state index contributed by atoms with van der Waals surface area (Å²) in [6, 6.07) is 10.2. The predicted molar refractivity (Wildman–Crippen MR) is 84.5 cm³/mol. The molecule has 1 aromatic carbocycles. The van der Waals surface area contributed by atoms with Gasteiger partial charge in [0, 0.05) is 12.1 Å². The summed E-state index contributed by atoms with van der Waals surface area (Å²) in [4.78, 5) is 17.2. The van der Waals surface area contributed by atoms with E-state index in [2.05, 4.69) is 4.98 Å². The Balaban J connectivity index is 2.41. The third-order valence-electron chi connectivity index (χ3n) is 3.32. The van der Waals surface area contributed by atoms with E-state index < -0.39 is 5.97 Å². The molecular weight excluding hydrogens is 311 g/mol. The maximum absolute atomic E-state index is 11.3. The van der Waals surface area contributed by atoms with Gasteiger partial charge in [-0.05, 0) is 36.8 Å². The van der Waals surface area contributed by atoms with E-state index in [0.29, 0.717) is 10.8 Å². The number of aromatic nitrogens is 1. The Morgan fingerprint density at radius 1 is 1.29 bits per heavy atom. The first-order valence-electron chi connectivity index (χ1n) is 6.28. The van der Waals surface area contributed by atoms with E-state index >= 15 is 0 Å². The molecule has 1 heterocycles. The van der Waals surface area contributed by atoms with Crippen molar-refractivity contribution in [1.82, 2.24) is 4.98 Å². The van der Waals surface area contributed by atoms with Gasteiger partial charge in [-0.15, -0.1) is 0 Å². The number of pyridine rings is 1. The van der Waals surface area contributed by atoms with Crippen molar-refractivity contribution in [2.75, 3.05) is 11.9 Å². The quantitative estimate of drug-likeness (QED) is 0.852. The maximum Gasteiger partial charge on any atom is 0.339 e. The van der Waals surface area contributed by atoms with Crippen molar-refractivity contribution in [3.8, 4) is 0 Å². The minimum absolute atomic E-state index is 0.104. The first-order valence-corrected chi connectivity index (χ1v) is 7.04. The van der Waals surface area contributed by atoms with Crippen LogP contribution in [0.1, 0.15) is 28.9 Å². The lowest BCUT2D eigenvalue weighted by atomic mass is 10.1. The van der Waals surface area contributed by atoms with Crippen LogP contribution in [-0.4, -0.2) is 23.1 Å². The summed E-state index contributed by atoms with van der Waals surface area (Å²) in [7, 11) is 1.77. The highest BCUT2D eigenvalue weighted by Gasteiger charge is 2.20. The van der Waals surface area contributed by atoms with E-state index in [-0.39, 0.29) is 16.8 Å². The molecule has 6 heteroatoms. The Kier molecular flexibility index (Phi) is 4.70. The average molecular weight is 325 g/mol. The van der Waals surface area contributed by atoms with Crippen LogP contribution < -0.4 is 4.90 Å². The van der Waals surface area contributed by atoms with Crippen LogP contribution in [0.2, 0.25) is 10.2 Å². The first-order chi connectivity index (χ1) is 9.90. The van der Waals surface area contributed by atoms with Crippen molar-refractivity contribution >= 4 is 35.0 Å². The van der Waals surface area contributed by atoms with Crippen molar-refractivity contribution in [2.24, 2.45) is 0 Å². The summed E-state index contributed by atoms with van der Waals surface area (Å²) >= 11 is 11.9. The van der Waals surface area contributed by atoms with Crippen LogP contribution >= 0.6 is 23.2 Å². The van der Waals surface area contributed by atoms with Crippen LogP contribution in [0, 0.1) is 0 Å². The lowest BCUT2D eigenvalue weighted by Crippen LogP contribution is -2.25. The molecule has 0 aliphatic rings. The Morgan fingerprint density at radius 2 is 2.00 bits per heavy atom. The number of halogens is 2. The topological polar surface area (TPSA) is 53.4 Å². The summed E-state index contributed by atoms with van der Waals surface area (Å²) < 4.78 is 0. The highest BCUT2D eigenvalue weighted by molar-refractivity contribution is 6.30. The highest BCUT2D eigenvalue weighted by Crippen LogP contribution is 2.29. The second-order valence-corrected chi connectivity index (χ2v) is 5.48. The standard InChI is InChI=1S/C15H14Cl2N2O2/c1-9(10-4-3-5-11(16)8-10)19(2)14-12(15(20)21)6-7-13(17)18-14/h3-9H,1-2H3,(H,20,21). The minimum Gasteiger partial charge on any atom is -0.478 e. The largest absolute Gasteiger partial charge is 0.478 e. The Hall–Kier alpha value is -1.78. The van der Waals surface area contributed by atoms with Crippen molar-refractivity contribution in [1.29, 1.82) is 0 Å². The molecule has 2 rings (SSSR count). The molecule has 110 valence electrons. The monoisotopic (exact) mass is 324 g/mol. The van der Waals surface area contributed by atoms with E-state index in [0.717, 1.165) is 5.56 Å². The summed E-state index contributed by atoms with van der Waals surface area (Å²) in [6.45, 7) is 1.94. The number of anilines is 1. The lowest BCUT2D eigenvalue weighted by molar-refractivity contribution is 0.0697. The van der Waals surface area contributed by atoms with Crippen molar-refractivity contribution in [3.05, 3.63) is 57.7 Å². The van der Waals surface area contributed by atoms with Crippen LogP contribution in [0.5, 0.6) is 0 Å². The van der Waals surface area contributed by atoms with E-state index in [4.69, 9.17) is 23.2 Å². The zero-order valence-electron chi connectivity index (χ0n) is 11.5. The van der Waals surface area contributed by atoms with Gasteiger partial charge in [0.2, 0.25) is 0 Å². The van der Waals surface area contributed by atoms with Gasteiger partial charge in [-0.25, -0.2) is 9.78 Å². The van der Waals surface area contributed by atoms with Gasteiger partial charge in [0.1, 0.15) is 16.5 Å². The second-order valence-electron chi connectivity index (χ2n) is 4.65. The number of carboxylic acids is 1. The molecule has 0 spiro atoms. The summed E-state index contributed by atoms with van der Waals surface area (Å²) in [5.41, 5.74) is 1.07. The zero-order chi connectivity index (χ0) is 15.6. The van der Waals surface area contributed by atoms with Gasteiger partial charge in [0.15, 0.2) is 0 Å². The van der Waals surface area contributed by atoms with Crippen LogP contribution in [0.3, 0.4) is 0 Å². The summed E-state index contributed by atoms with van der Waals surface area (Å²) in [6.07, 6.45) is 0. The number of carbonyl (C=O) groups is 1. The van der Waals surface area contributed by atoms with Crippen LogP contribution in [0.15, 0.2) is 36.4 Å². The number of benzene rings is 1. The molecule has 0 aliphatic heterocycles. The van der Waals surface area contributed by atoms with Crippen molar-refractivity contribution in [3.63, 3.8) is 0 Å². The van der Waals surface area contributed by atoms with E-state index in [1.54, 1.807) is 18.0 Å². The van der Waals surface area contributed by atoms with Crippen molar-refractivity contribution < 1.29 is 9.90 Å². The smallest absolute Gasteiger partial charge is 0.339 e. The van der Waals surface area contributed by atoms with Gasteiger partial charge in [0.05, 0.1) is 6.04 Å². The fourth-order valence-corrected chi connectivity index (χ4v) is 2.38. The van der Waals surface area contributed by atoms with E-state index in [9.17, 15) is 9.90 Å². The number of aromatic carboxylic acids is 1. The summed E-state index contributed by atoms with van der Waals surface area (Å²) in [5.74, 6) is -0.721. The fraction of sp³-hybridized carbons (Fsp3) is 0.200. The number of hydrogen-bond acceptors (Lipinski definition) is 3. The first kappa shape index (κ1) is 15.6. The zero-order valence-corrected chi connectivity index (χ0v) is 13.1. The Labute approximate surface area is 132 Å². The third-order valence-corrected chi connectivity index (χ3v) is 3.76. The molecule has 0 aliphatic carbocycles. The molecule has 0 radical (unpaired) electrons. The molecule has 1 aromatic heterocycles. The SMILES string of the molecule is CC(c1cccc(Cl)c1)N(C)c1nc(Cl)ccc1C(=O)O. The van der Waals surface area contributed by atoms with Gasteiger partial charge >= 0.3 is 5.97 Å². The third kappa shape index (κ3) is 3.46. The highest BCUT2D eigenvalue weighted by atomic mass is 35.5. The van der Waals surface area contributed by atoms with Crippen LogP contribution in [0.25, 0.3) is 0 Å². The lowest BCUT2D eigenvalue weighted by Gasteiger charge is -2.27. The molecule has 21 heavy (non-hydrogen) atoms. The number of hydrogen-bond donors (Lipinski definition) is 1. The molecular formula is C15H14Cl2N2O2. The molecule has 4 nitrogen and oxygen atoms in total. The number of carboxylic acid groups (broad SMARTS) is 1. The number of nitrogens with zero attached hydrogens (tertiary/aromatic N) is 2. The van der Waals surface area contributed by atoms with Gasteiger partial charge in [-0.1, -0.05) is 35.3 Å². The Bertz CT molecular complexity index is 676. The van der Waals surface area contributed by atoms with Gasteiger partial charge < -0.3 is 10.0 Å². The molecule has 0 bridgehead atoms. The molecule has 0 saturated heterocycles. The minimum atomic E-state index is -1.04. The predicted octanol–water partition coefficient (Wildman–Crippen LogP) is 4.28.